The van der Waals surface area contributed by atoms with Gasteiger partial charge in [0.05, 0.1) is 5.69 Å². The molecule has 0 radical (unpaired) electrons. The number of carbonyl (C=O) groups is 2. The molecule has 2 rings (SSSR count). The van der Waals surface area contributed by atoms with Gasteiger partial charge in [0.25, 0.3) is 0 Å². The van der Waals surface area contributed by atoms with Crippen LogP contribution < -0.4 is 10.6 Å². The van der Waals surface area contributed by atoms with Crippen molar-refractivity contribution in [3.8, 4) is 0 Å². The van der Waals surface area contributed by atoms with Crippen LogP contribution in [0, 0.1) is 0 Å². The number of carbonyl (C=O) groups excluding carboxylic acids is 2. The molecule has 0 aromatic heterocycles. The molecule has 1 heterocycles. The molecule has 0 saturated carbocycles. The molecule has 18 heavy (non-hydrogen) atoms. The highest BCUT2D eigenvalue weighted by atomic mass is 16.2. The highest BCUT2D eigenvalue weighted by molar-refractivity contribution is 6.06. The number of Topliss-reactive ketones (excluding diaryl/α,β-unsaturated/α-hetero) is 1. The molecule has 0 spiro atoms. The molecule has 0 atom stereocenters. The highest BCUT2D eigenvalue weighted by Gasteiger charge is 2.28. The van der Waals surface area contributed by atoms with Gasteiger partial charge in [0.1, 0.15) is 0 Å². The predicted octanol–water partition coefficient (Wildman–Crippen LogP) is 1.09. The van der Waals surface area contributed by atoms with Gasteiger partial charge in [0, 0.05) is 32.1 Å². The second kappa shape index (κ2) is 5.18. The molecule has 2 amide bonds. The van der Waals surface area contributed by atoms with E-state index in [1.807, 2.05) is 6.07 Å². The number of nitrogens with two attached hydrogens (primary N) is 1. The number of rotatable bonds is 4. The first kappa shape index (κ1) is 12.6. The number of urea groups is 1. The quantitative estimate of drug-likeness (QED) is 0.810. The van der Waals surface area contributed by atoms with Crippen molar-refractivity contribution >= 4 is 17.5 Å². The summed E-state index contributed by atoms with van der Waals surface area (Å²) in [4.78, 5) is 27.2. The van der Waals surface area contributed by atoms with Crippen molar-refractivity contribution in [2.75, 3.05) is 31.6 Å². The Morgan fingerprint density at radius 2 is 2.06 bits per heavy atom. The lowest BCUT2D eigenvalue weighted by Crippen LogP contribution is -2.30. The number of likely N-dealkylation sites (N-methyl/N-ethyl adjacent to an activating group) is 1. The van der Waals surface area contributed by atoms with E-state index in [1.165, 1.54) is 0 Å². The van der Waals surface area contributed by atoms with Crippen LogP contribution in [0.2, 0.25) is 0 Å². The zero-order valence-corrected chi connectivity index (χ0v) is 10.4. The van der Waals surface area contributed by atoms with E-state index in [4.69, 9.17) is 5.73 Å². The third kappa shape index (κ3) is 2.22. The zero-order chi connectivity index (χ0) is 13.1. The molecule has 0 bridgehead atoms. The van der Waals surface area contributed by atoms with Gasteiger partial charge in [-0.1, -0.05) is 12.1 Å². The largest absolute Gasteiger partial charge is 0.330 e. The number of benzene rings is 1. The Kier molecular flexibility index (Phi) is 3.62. The van der Waals surface area contributed by atoms with Crippen molar-refractivity contribution in [3.63, 3.8) is 0 Å². The van der Waals surface area contributed by atoms with E-state index in [0.29, 0.717) is 37.3 Å². The van der Waals surface area contributed by atoms with Gasteiger partial charge in [-0.25, -0.2) is 4.79 Å². The number of ketones is 1. The topological polar surface area (TPSA) is 66.6 Å². The second-order valence-electron chi connectivity index (χ2n) is 4.33. The van der Waals surface area contributed by atoms with Crippen LogP contribution in [0.5, 0.6) is 0 Å². The second-order valence-corrected chi connectivity index (χ2v) is 4.33. The molecule has 1 saturated heterocycles. The first-order valence-corrected chi connectivity index (χ1v) is 6.00. The maximum absolute atomic E-state index is 12.0. The summed E-state index contributed by atoms with van der Waals surface area (Å²) in [5.74, 6) is -0.0181. The normalized spacial score (nSPS) is 15.3. The van der Waals surface area contributed by atoms with Crippen LogP contribution in [0.25, 0.3) is 0 Å². The van der Waals surface area contributed by atoms with Crippen LogP contribution in [0.15, 0.2) is 24.3 Å². The summed E-state index contributed by atoms with van der Waals surface area (Å²) in [5, 5.41) is 0. The van der Waals surface area contributed by atoms with Crippen LogP contribution >= 0.6 is 0 Å². The summed E-state index contributed by atoms with van der Waals surface area (Å²) in [5.41, 5.74) is 6.67. The molecule has 0 aliphatic carbocycles. The maximum atomic E-state index is 12.0. The maximum Gasteiger partial charge on any atom is 0.324 e. The van der Waals surface area contributed by atoms with Gasteiger partial charge >= 0.3 is 6.03 Å². The number of amides is 2. The lowest BCUT2D eigenvalue weighted by molar-refractivity contribution is 0.0986. The van der Waals surface area contributed by atoms with Crippen molar-refractivity contribution in [2.45, 2.75) is 6.42 Å². The van der Waals surface area contributed by atoms with Crippen molar-refractivity contribution in [2.24, 2.45) is 5.73 Å². The van der Waals surface area contributed by atoms with Crippen molar-refractivity contribution in [3.05, 3.63) is 29.8 Å². The number of para-hydroxylation sites is 1. The first-order chi connectivity index (χ1) is 8.65. The van der Waals surface area contributed by atoms with Crippen LogP contribution in [0.4, 0.5) is 10.5 Å². The fourth-order valence-corrected chi connectivity index (χ4v) is 2.08. The fourth-order valence-electron chi connectivity index (χ4n) is 2.08. The van der Waals surface area contributed by atoms with E-state index in [2.05, 4.69) is 0 Å². The van der Waals surface area contributed by atoms with Gasteiger partial charge < -0.3 is 10.6 Å². The van der Waals surface area contributed by atoms with Crippen molar-refractivity contribution in [1.29, 1.82) is 0 Å². The molecule has 1 aliphatic rings. The molecular weight excluding hydrogens is 230 g/mol. The molecule has 0 unspecified atom stereocenters. The Bertz CT molecular complexity index is 473. The summed E-state index contributed by atoms with van der Waals surface area (Å²) in [6, 6.07) is 7.13. The van der Waals surface area contributed by atoms with E-state index in [1.54, 1.807) is 35.0 Å². The van der Waals surface area contributed by atoms with E-state index in [0.717, 1.165) is 0 Å². The molecule has 5 heteroatoms. The fraction of sp³-hybridized carbons (Fsp3) is 0.385. The van der Waals surface area contributed by atoms with Crippen LogP contribution in [-0.4, -0.2) is 43.4 Å². The number of nitrogens with zero attached hydrogens (tertiary/aromatic N) is 2. The third-order valence-corrected chi connectivity index (χ3v) is 3.08. The van der Waals surface area contributed by atoms with Crippen LogP contribution in [-0.2, 0) is 0 Å². The van der Waals surface area contributed by atoms with Gasteiger partial charge in [-0.15, -0.1) is 0 Å². The molecule has 5 nitrogen and oxygen atoms in total. The smallest absolute Gasteiger partial charge is 0.324 e. The summed E-state index contributed by atoms with van der Waals surface area (Å²) < 4.78 is 0. The Morgan fingerprint density at radius 3 is 2.67 bits per heavy atom. The lowest BCUT2D eigenvalue weighted by Gasteiger charge is -2.19. The Labute approximate surface area is 106 Å². The van der Waals surface area contributed by atoms with Gasteiger partial charge in [0.15, 0.2) is 5.78 Å². The predicted molar refractivity (Wildman–Crippen MR) is 69.8 cm³/mol. The van der Waals surface area contributed by atoms with Gasteiger partial charge in [0.2, 0.25) is 0 Å². The van der Waals surface area contributed by atoms with E-state index in [9.17, 15) is 9.59 Å². The molecule has 1 fully saturated rings. The average molecular weight is 247 g/mol. The molecule has 96 valence electrons. The van der Waals surface area contributed by atoms with Crippen LogP contribution in [0.1, 0.15) is 16.8 Å². The van der Waals surface area contributed by atoms with E-state index >= 15 is 0 Å². The summed E-state index contributed by atoms with van der Waals surface area (Å²) in [6.45, 7) is 1.61. The van der Waals surface area contributed by atoms with Gasteiger partial charge in [-0.05, 0) is 18.7 Å². The molecular formula is C13H17N3O2. The Morgan fingerprint density at radius 1 is 1.33 bits per heavy atom. The Balaban J connectivity index is 2.33. The summed E-state index contributed by atoms with van der Waals surface area (Å²) in [7, 11) is 1.76. The number of hydrogen-bond acceptors (Lipinski definition) is 3. The van der Waals surface area contributed by atoms with Crippen molar-refractivity contribution < 1.29 is 9.59 Å². The third-order valence-electron chi connectivity index (χ3n) is 3.08. The monoisotopic (exact) mass is 247 g/mol. The minimum atomic E-state index is -0.0667. The number of anilines is 1. The number of hydrogen-bond donors (Lipinski definition) is 1. The first-order valence-electron chi connectivity index (χ1n) is 6.00. The SMILES string of the molecule is CN1CCN(c2ccccc2C(=O)CCN)C1=O. The Hall–Kier alpha value is -1.88. The van der Waals surface area contributed by atoms with Gasteiger partial charge in [-0.2, -0.15) is 0 Å². The molecule has 2 N–H and O–H groups in total. The molecule has 1 aliphatic heterocycles. The average Bonchev–Trinajstić information content (AvgIpc) is 2.70. The molecule has 1 aromatic rings. The van der Waals surface area contributed by atoms with E-state index in [-0.39, 0.29) is 11.8 Å². The van der Waals surface area contributed by atoms with Crippen molar-refractivity contribution in [1.82, 2.24) is 4.90 Å². The van der Waals surface area contributed by atoms with Gasteiger partial charge in [-0.3, -0.25) is 9.69 Å². The highest BCUT2D eigenvalue weighted by Crippen LogP contribution is 2.25. The lowest BCUT2D eigenvalue weighted by atomic mass is 10.1. The zero-order valence-electron chi connectivity index (χ0n) is 10.4. The minimum absolute atomic E-state index is 0.0181. The summed E-state index contributed by atoms with van der Waals surface area (Å²) in [6.07, 6.45) is 0.300. The minimum Gasteiger partial charge on any atom is -0.330 e. The van der Waals surface area contributed by atoms with Crippen LogP contribution in [0.3, 0.4) is 0 Å². The summed E-state index contributed by atoms with van der Waals surface area (Å²) >= 11 is 0. The molecule has 1 aromatic carbocycles. The van der Waals surface area contributed by atoms with E-state index < -0.39 is 0 Å². The standard InChI is InChI=1S/C13H17N3O2/c1-15-8-9-16(13(15)18)11-5-3-2-4-10(11)12(17)6-7-14/h2-5H,6-9,14H2,1H3.